The van der Waals surface area contributed by atoms with Gasteiger partial charge in [-0.15, -0.1) is 0 Å². The molecule has 3 nitrogen and oxygen atoms in total. The average molecular weight is 284 g/mol. The first-order valence-corrected chi connectivity index (χ1v) is 7.03. The van der Waals surface area contributed by atoms with Crippen molar-refractivity contribution in [1.82, 2.24) is 5.32 Å². The number of carbonyl (C=O) groups excluding carboxylic acids is 1. The molecule has 0 unspecified atom stereocenters. The molecule has 2 aromatic rings. The molecule has 4 heteroatoms. The summed E-state index contributed by atoms with van der Waals surface area (Å²) in [5.41, 5.74) is 4.07. The van der Waals surface area contributed by atoms with Gasteiger partial charge in [0.15, 0.2) is 0 Å². The van der Waals surface area contributed by atoms with E-state index in [0.29, 0.717) is 16.8 Å². The van der Waals surface area contributed by atoms with E-state index < -0.39 is 0 Å². The molecule has 1 heterocycles. The minimum atomic E-state index is -0.317. The summed E-state index contributed by atoms with van der Waals surface area (Å²) in [5, 5.41) is 6.02. The van der Waals surface area contributed by atoms with Gasteiger partial charge in [0.25, 0.3) is 5.91 Å². The summed E-state index contributed by atoms with van der Waals surface area (Å²) in [6, 6.07) is 10.4. The van der Waals surface area contributed by atoms with E-state index in [9.17, 15) is 9.18 Å². The van der Waals surface area contributed by atoms with Crippen LogP contribution in [-0.2, 0) is 13.0 Å². The molecule has 0 spiro atoms. The summed E-state index contributed by atoms with van der Waals surface area (Å²) in [6.07, 6.45) is 0.987. The predicted octanol–water partition coefficient (Wildman–Crippen LogP) is 3.03. The van der Waals surface area contributed by atoms with Gasteiger partial charge in [-0.3, -0.25) is 4.79 Å². The van der Waals surface area contributed by atoms with Gasteiger partial charge in [-0.1, -0.05) is 12.1 Å². The van der Waals surface area contributed by atoms with Gasteiger partial charge in [0.05, 0.1) is 0 Å². The molecule has 2 N–H and O–H groups in total. The van der Waals surface area contributed by atoms with Crippen LogP contribution in [0.25, 0.3) is 0 Å². The lowest BCUT2D eigenvalue weighted by molar-refractivity contribution is 0.102. The number of hydrogen-bond donors (Lipinski definition) is 2. The fraction of sp³-hybridized carbons (Fsp3) is 0.235. The summed E-state index contributed by atoms with van der Waals surface area (Å²) in [7, 11) is 0. The Balaban J connectivity index is 1.80. The van der Waals surface area contributed by atoms with Crippen molar-refractivity contribution in [2.45, 2.75) is 19.9 Å². The van der Waals surface area contributed by atoms with E-state index in [1.54, 1.807) is 19.1 Å². The van der Waals surface area contributed by atoms with Crippen LogP contribution in [0.3, 0.4) is 0 Å². The van der Waals surface area contributed by atoms with Crippen LogP contribution in [0.2, 0.25) is 0 Å². The molecule has 0 bridgehead atoms. The Morgan fingerprint density at radius 3 is 2.86 bits per heavy atom. The number of benzene rings is 2. The third kappa shape index (κ3) is 2.95. The second-order valence-electron chi connectivity index (χ2n) is 5.33. The van der Waals surface area contributed by atoms with E-state index in [1.165, 1.54) is 11.6 Å². The number of halogens is 1. The van der Waals surface area contributed by atoms with Crippen LogP contribution in [0, 0.1) is 12.7 Å². The summed E-state index contributed by atoms with van der Waals surface area (Å²) in [6.45, 7) is 3.45. The van der Waals surface area contributed by atoms with Crippen LogP contribution in [0.15, 0.2) is 36.4 Å². The maximum atomic E-state index is 13.5. The molecular weight excluding hydrogens is 267 g/mol. The minimum Gasteiger partial charge on any atom is -0.322 e. The Hall–Kier alpha value is -2.20. The fourth-order valence-electron chi connectivity index (χ4n) is 2.50. The van der Waals surface area contributed by atoms with Gasteiger partial charge in [0, 0.05) is 17.8 Å². The normalized spacial score (nSPS) is 13.6. The van der Waals surface area contributed by atoms with E-state index >= 15 is 0 Å². The predicted molar refractivity (Wildman–Crippen MR) is 80.9 cm³/mol. The highest BCUT2D eigenvalue weighted by Gasteiger charge is 2.13. The summed E-state index contributed by atoms with van der Waals surface area (Å²) in [4.78, 5) is 12.2. The van der Waals surface area contributed by atoms with Gasteiger partial charge in [-0.2, -0.15) is 0 Å². The van der Waals surface area contributed by atoms with Crippen molar-refractivity contribution in [2.75, 3.05) is 11.9 Å². The van der Waals surface area contributed by atoms with Crippen LogP contribution < -0.4 is 10.6 Å². The summed E-state index contributed by atoms with van der Waals surface area (Å²) < 4.78 is 13.5. The van der Waals surface area contributed by atoms with Crippen LogP contribution >= 0.6 is 0 Å². The van der Waals surface area contributed by atoms with Crippen molar-refractivity contribution in [1.29, 1.82) is 0 Å². The van der Waals surface area contributed by atoms with Gasteiger partial charge in [0.2, 0.25) is 0 Å². The largest absolute Gasteiger partial charge is 0.322 e. The van der Waals surface area contributed by atoms with Gasteiger partial charge in [-0.05, 0) is 60.8 Å². The molecule has 1 amide bonds. The molecule has 1 aliphatic heterocycles. The number of amides is 1. The number of hydrogen-bond acceptors (Lipinski definition) is 2. The highest BCUT2D eigenvalue weighted by molar-refractivity contribution is 6.04. The number of nitrogens with one attached hydrogen (secondary N) is 2. The second-order valence-corrected chi connectivity index (χ2v) is 5.33. The zero-order valence-corrected chi connectivity index (χ0v) is 11.9. The number of aryl methyl sites for hydroxylation is 1. The van der Waals surface area contributed by atoms with Crippen LogP contribution in [-0.4, -0.2) is 12.5 Å². The zero-order chi connectivity index (χ0) is 14.8. The second kappa shape index (κ2) is 5.66. The number of fused-ring (bicyclic) bond motifs is 1. The van der Waals surface area contributed by atoms with Crippen LogP contribution in [0.1, 0.15) is 27.0 Å². The maximum absolute atomic E-state index is 13.5. The Labute approximate surface area is 123 Å². The lowest BCUT2D eigenvalue weighted by Crippen LogP contribution is -2.24. The topological polar surface area (TPSA) is 41.1 Å². The SMILES string of the molecule is Cc1ccc(NC(=O)c2ccc3c(c2)CNCC3)cc1F. The first-order valence-electron chi connectivity index (χ1n) is 7.03. The third-order valence-corrected chi connectivity index (χ3v) is 3.78. The Bertz CT molecular complexity index is 697. The molecule has 0 fully saturated rings. The molecule has 108 valence electrons. The van der Waals surface area contributed by atoms with Crippen molar-refractivity contribution in [2.24, 2.45) is 0 Å². The van der Waals surface area contributed by atoms with Gasteiger partial charge >= 0.3 is 0 Å². The quantitative estimate of drug-likeness (QED) is 0.890. The van der Waals surface area contributed by atoms with E-state index in [2.05, 4.69) is 10.6 Å². The van der Waals surface area contributed by atoms with E-state index in [1.807, 2.05) is 18.2 Å². The molecule has 0 saturated heterocycles. The van der Waals surface area contributed by atoms with Gasteiger partial charge < -0.3 is 10.6 Å². The maximum Gasteiger partial charge on any atom is 0.255 e. The molecule has 0 aliphatic carbocycles. The fourth-order valence-corrected chi connectivity index (χ4v) is 2.50. The Kier molecular flexibility index (Phi) is 3.71. The number of rotatable bonds is 2. The minimum absolute atomic E-state index is 0.216. The first kappa shape index (κ1) is 13.8. The number of anilines is 1. The average Bonchev–Trinajstić information content (AvgIpc) is 2.50. The van der Waals surface area contributed by atoms with Crippen molar-refractivity contribution >= 4 is 11.6 Å². The smallest absolute Gasteiger partial charge is 0.255 e. The van der Waals surface area contributed by atoms with Crippen molar-refractivity contribution < 1.29 is 9.18 Å². The van der Waals surface area contributed by atoms with E-state index in [0.717, 1.165) is 25.1 Å². The summed E-state index contributed by atoms with van der Waals surface area (Å²) >= 11 is 0. The molecular formula is C17H17FN2O. The Morgan fingerprint density at radius 2 is 2.05 bits per heavy atom. The molecule has 1 aliphatic rings. The highest BCUT2D eigenvalue weighted by atomic mass is 19.1. The Morgan fingerprint density at radius 1 is 1.19 bits per heavy atom. The molecule has 0 radical (unpaired) electrons. The van der Waals surface area contributed by atoms with E-state index in [4.69, 9.17) is 0 Å². The lowest BCUT2D eigenvalue weighted by Gasteiger charge is -2.17. The van der Waals surface area contributed by atoms with Crippen molar-refractivity contribution in [3.8, 4) is 0 Å². The molecule has 2 aromatic carbocycles. The van der Waals surface area contributed by atoms with Crippen LogP contribution in [0.4, 0.5) is 10.1 Å². The molecule has 0 atom stereocenters. The van der Waals surface area contributed by atoms with E-state index in [-0.39, 0.29) is 11.7 Å². The monoisotopic (exact) mass is 284 g/mol. The zero-order valence-electron chi connectivity index (χ0n) is 11.9. The van der Waals surface area contributed by atoms with Crippen molar-refractivity contribution in [3.05, 3.63) is 64.5 Å². The molecule has 3 rings (SSSR count). The summed E-state index contributed by atoms with van der Waals surface area (Å²) in [5.74, 6) is -0.533. The highest BCUT2D eigenvalue weighted by Crippen LogP contribution is 2.18. The molecule has 21 heavy (non-hydrogen) atoms. The standard InChI is InChI=1S/C17H17FN2O/c1-11-2-5-15(9-16(11)18)20-17(21)13-4-3-12-6-7-19-10-14(12)8-13/h2-5,8-9,19H,6-7,10H2,1H3,(H,20,21). The van der Waals surface area contributed by atoms with Gasteiger partial charge in [0.1, 0.15) is 5.82 Å². The van der Waals surface area contributed by atoms with Crippen LogP contribution in [0.5, 0.6) is 0 Å². The van der Waals surface area contributed by atoms with Gasteiger partial charge in [-0.25, -0.2) is 4.39 Å². The lowest BCUT2D eigenvalue weighted by atomic mass is 9.98. The number of carbonyl (C=O) groups is 1. The third-order valence-electron chi connectivity index (χ3n) is 3.78. The molecule has 0 saturated carbocycles. The first-order chi connectivity index (χ1) is 10.1. The molecule has 0 aromatic heterocycles. The van der Waals surface area contributed by atoms with Crippen molar-refractivity contribution in [3.63, 3.8) is 0 Å².